The van der Waals surface area contributed by atoms with Crippen molar-refractivity contribution < 1.29 is 32.1 Å². The monoisotopic (exact) mass is 654 g/mol. The smallest absolute Gasteiger partial charge is 0.270 e. The molecule has 240 valence electrons. The summed E-state index contributed by atoms with van der Waals surface area (Å²) in [5, 5.41) is 8.07. The third-order valence-corrected chi connectivity index (χ3v) is 9.81. The van der Waals surface area contributed by atoms with Crippen LogP contribution in [0.1, 0.15) is 77.7 Å². The van der Waals surface area contributed by atoms with E-state index >= 15 is 0 Å². The van der Waals surface area contributed by atoms with E-state index in [0.29, 0.717) is 39.3 Å². The second kappa shape index (κ2) is 14.2. The SMILES string of the molecule is CC(=O)c1cc(C)cc(C)c1N.COCN(c1onc(C)c1C)S(=O)(=O)c1ccsc1C(=O)Nc1c(C)cc(C)cc1C(C)=O. The summed E-state index contributed by atoms with van der Waals surface area (Å²) in [6, 6.07) is 8.67. The molecule has 4 aromatic rings. The average Bonchev–Trinajstić information content (AvgIpc) is 3.58. The van der Waals surface area contributed by atoms with E-state index in [1.165, 1.54) is 32.4 Å². The normalized spacial score (nSPS) is 11.0. The number of benzene rings is 2. The fraction of sp³-hybridized carbons (Fsp3) is 0.312. The molecule has 0 aliphatic carbocycles. The molecule has 4 rings (SSSR count). The highest BCUT2D eigenvalue weighted by atomic mass is 32.2. The van der Waals surface area contributed by atoms with Crippen LogP contribution in [0.5, 0.6) is 0 Å². The molecule has 2 heterocycles. The lowest BCUT2D eigenvalue weighted by atomic mass is 10.0. The van der Waals surface area contributed by atoms with Gasteiger partial charge in [0.2, 0.25) is 5.88 Å². The Labute approximate surface area is 267 Å². The number of hydrogen-bond acceptors (Lipinski definition) is 10. The van der Waals surface area contributed by atoms with E-state index in [2.05, 4.69) is 10.5 Å². The molecular formula is C32H38N4O7S2. The summed E-state index contributed by atoms with van der Waals surface area (Å²) < 4.78 is 38.3. The van der Waals surface area contributed by atoms with Gasteiger partial charge >= 0.3 is 0 Å². The van der Waals surface area contributed by atoms with Gasteiger partial charge in [-0.1, -0.05) is 17.3 Å². The first-order valence-corrected chi connectivity index (χ1v) is 16.2. The number of rotatable bonds is 9. The Morgan fingerprint density at radius 1 is 0.956 bits per heavy atom. The first kappa shape index (κ1) is 35.2. The highest BCUT2D eigenvalue weighted by Gasteiger charge is 2.34. The van der Waals surface area contributed by atoms with Gasteiger partial charge in [-0.05, 0) is 101 Å². The zero-order valence-corrected chi connectivity index (χ0v) is 28.5. The molecule has 3 N–H and O–H groups in total. The van der Waals surface area contributed by atoms with Gasteiger partial charge in [0.25, 0.3) is 15.9 Å². The lowest BCUT2D eigenvalue weighted by Gasteiger charge is -2.21. The molecule has 0 aliphatic heterocycles. The summed E-state index contributed by atoms with van der Waals surface area (Å²) in [4.78, 5) is 36.2. The molecule has 0 spiro atoms. The number of nitrogens with zero attached hydrogens (tertiary/aromatic N) is 2. The summed E-state index contributed by atoms with van der Waals surface area (Å²) in [5.41, 5.74) is 12.4. The van der Waals surface area contributed by atoms with Crippen molar-refractivity contribution in [1.29, 1.82) is 0 Å². The molecule has 0 atom stereocenters. The fourth-order valence-electron chi connectivity index (χ4n) is 4.63. The van der Waals surface area contributed by atoms with Crippen LogP contribution in [0.25, 0.3) is 0 Å². The minimum absolute atomic E-state index is 0.0140. The van der Waals surface area contributed by atoms with Crippen LogP contribution in [0.2, 0.25) is 0 Å². The van der Waals surface area contributed by atoms with Crippen LogP contribution < -0.4 is 15.4 Å². The Morgan fingerprint density at radius 3 is 2.07 bits per heavy atom. The number of anilines is 3. The first-order chi connectivity index (χ1) is 21.0. The molecule has 2 aromatic heterocycles. The molecule has 11 nitrogen and oxygen atoms in total. The predicted molar refractivity (Wildman–Crippen MR) is 176 cm³/mol. The van der Waals surface area contributed by atoms with Crippen molar-refractivity contribution in [2.45, 2.75) is 60.3 Å². The number of carbonyl (C=O) groups is 3. The van der Waals surface area contributed by atoms with Gasteiger partial charge in [0.1, 0.15) is 16.5 Å². The van der Waals surface area contributed by atoms with Crippen molar-refractivity contribution in [3.63, 3.8) is 0 Å². The Kier molecular flexibility index (Phi) is 11.1. The van der Waals surface area contributed by atoms with Gasteiger partial charge in [0.05, 0.1) is 11.4 Å². The Bertz CT molecular complexity index is 1870. The molecule has 0 saturated carbocycles. The number of hydrogen-bond donors (Lipinski definition) is 2. The van der Waals surface area contributed by atoms with Crippen LogP contribution in [0, 0.1) is 41.5 Å². The Morgan fingerprint density at radius 2 is 1.53 bits per heavy atom. The highest BCUT2D eigenvalue weighted by Crippen LogP contribution is 2.33. The predicted octanol–water partition coefficient (Wildman–Crippen LogP) is 6.31. The number of aryl methyl sites for hydroxylation is 5. The minimum Gasteiger partial charge on any atom is -0.398 e. The molecule has 2 aromatic carbocycles. The van der Waals surface area contributed by atoms with Crippen LogP contribution in [0.3, 0.4) is 0 Å². The van der Waals surface area contributed by atoms with E-state index in [4.69, 9.17) is 15.0 Å². The zero-order valence-electron chi connectivity index (χ0n) is 26.8. The standard InChI is InChI=1S/C22H25N3O6S2.C10H13NO/c1-12-9-13(2)19(17(10-12)16(5)26)23-21(27)20-18(7-8-32-20)33(28,29)25(11-30-6)22-14(3)15(4)24-31-22;1-6-4-7(2)10(11)9(5-6)8(3)12/h7-10H,11H2,1-6H3,(H,23,27);4-5H,11H2,1-3H3. The van der Waals surface area contributed by atoms with Crippen molar-refractivity contribution in [3.8, 4) is 0 Å². The number of amides is 1. The molecule has 13 heteroatoms. The van der Waals surface area contributed by atoms with E-state index in [9.17, 15) is 22.8 Å². The van der Waals surface area contributed by atoms with Crippen LogP contribution >= 0.6 is 11.3 Å². The fourth-order valence-corrected chi connectivity index (χ4v) is 7.29. The zero-order chi connectivity index (χ0) is 33.8. The minimum atomic E-state index is -4.24. The second-order valence-electron chi connectivity index (χ2n) is 10.7. The largest absolute Gasteiger partial charge is 0.398 e. The van der Waals surface area contributed by atoms with Gasteiger partial charge in [-0.2, -0.15) is 0 Å². The number of carbonyl (C=O) groups excluding carboxylic acids is 3. The van der Waals surface area contributed by atoms with Gasteiger partial charge in [-0.3, -0.25) is 14.4 Å². The van der Waals surface area contributed by atoms with Crippen LogP contribution in [-0.4, -0.2) is 44.9 Å². The maximum atomic E-state index is 13.5. The molecule has 45 heavy (non-hydrogen) atoms. The van der Waals surface area contributed by atoms with Crippen molar-refractivity contribution in [1.82, 2.24) is 5.16 Å². The summed E-state index contributed by atoms with van der Waals surface area (Å²) in [7, 11) is -2.88. The quantitative estimate of drug-likeness (QED) is 0.120. The van der Waals surface area contributed by atoms with Gasteiger partial charge in [-0.15, -0.1) is 11.3 Å². The van der Waals surface area contributed by atoms with Gasteiger partial charge in [-0.25, -0.2) is 12.7 Å². The van der Waals surface area contributed by atoms with Crippen LogP contribution in [0.4, 0.5) is 17.3 Å². The van der Waals surface area contributed by atoms with Crippen LogP contribution in [-0.2, 0) is 14.8 Å². The molecule has 0 aliphatic rings. The third-order valence-electron chi connectivity index (χ3n) is 7.02. The average molecular weight is 655 g/mol. The molecule has 0 unspecified atom stereocenters. The topological polar surface area (TPSA) is 162 Å². The molecule has 0 fully saturated rings. The molecule has 0 bridgehead atoms. The van der Waals surface area contributed by atoms with Gasteiger partial charge in [0, 0.05) is 29.5 Å². The van der Waals surface area contributed by atoms with E-state index < -0.39 is 15.9 Å². The number of nitrogens with one attached hydrogen (secondary N) is 1. The first-order valence-electron chi connectivity index (χ1n) is 13.8. The summed E-state index contributed by atoms with van der Waals surface area (Å²) in [6.45, 7) is 13.5. The lowest BCUT2D eigenvalue weighted by molar-refractivity contribution is 0.100. The molecule has 1 amide bonds. The number of nitrogen functional groups attached to an aromatic ring is 1. The molecule has 0 saturated heterocycles. The van der Waals surface area contributed by atoms with Crippen molar-refractivity contribution in [3.05, 3.63) is 85.2 Å². The maximum Gasteiger partial charge on any atom is 0.270 e. The number of ether oxygens (including phenoxy) is 1. The van der Waals surface area contributed by atoms with Crippen molar-refractivity contribution in [2.75, 3.05) is 29.2 Å². The molecular weight excluding hydrogens is 617 g/mol. The second-order valence-corrected chi connectivity index (χ2v) is 13.4. The third kappa shape index (κ3) is 7.67. The van der Waals surface area contributed by atoms with E-state index in [-0.39, 0.29) is 34.0 Å². The number of Topliss-reactive ketones (excluding diaryl/α,β-unsaturated/α-hetero) is 2. The maximum absolute atomic E-state index is 13.5. The van der Waals surface area contributed by atoms with Crippen LogP contribution in [0.15, 0.2) is 45.1 Å². The number of nitrogens with two attached hydrogens (primary N) is 1. The number of aromatic nitrogens is 1. The summed E-state index contributed by atoms with van der Waals surface area (Å²) >= 11 is 0.977. The Balaban J connectivity index is 0.000000385. The number of sulfonamides is 1. The number of methoxy groups -OCH3 is 1. The summed E-state index contributed by atoms with van der Waals surface area (Å²) in [5.74, 6) is -0.807. The van der Waals surface area contributed by atoms with E-state index in [1.54, 1.807) is 26.8 Å². The van der Waals surface area contributed by atoms with Gasteiger partial charge in [0.15, 0.2) is 11.6 Å². The number of ketones is 2. The van der Waals surface area contributed by atoms with Gasteiger partial charge < -0.3 is 20.3 Å². The highest BCUT2D eigenvalue weighted by molar-refractivity contribution is 7.93. The molecule has 0 radical (unpaired) electrons. The van der Waals surface area contributed by atoms with E-state index in [0.717, 1.165) is 32.3 Å². The van der Waals surface area contributed by atoms with Crippen molar-refractivity contribution >= 4 is 56.1 Å². The lowest BCUT2D eigenvalue weighted by Crippen LogP contribution is -2.34. The number of thiophene rings is 1. The summed E-state index contributed by atoms with van der Waals surface area (Å²) in [6.07, 6.45) is 0. The van der Waals surface area contributed by atoms with E-state index in [1.807, 2.05) is 39.0 Å². The van der Waals surface area contributed by atoms with Crippen molar-refractivity contribution in [2.24, 2.45) is 0 Å². The Hall–Kier alpha value is -4.33.